The smallest absolute Gasteiger partial charge is 0.339 e. The Morgan fingerprint density at radius 3 is 2.09 bits per heavy atom. The first-order chi connectivity index (χ1) is 20.3. The number of amides is 11. The third kappa shape index (κ3) is 6.71. The molecule has 3 aliphatic rings. The number of likely N-dealkylation sites (N-methyl/N-ethyl adjacent to an activating group) is 1. The van der Waals surface area contributed by atoms with Gasteiger partial charge in [0.1, 0.15) is 12.1 Å². The van der Waals surface area contributed by atoms with E-state index in [1.165, 1.54) is 26.5 Å². The number of carbonyl (C=O) groups excluding carboxylic acids is 8. The molecule has 19 heteroatoms. The van der Waals surface area contributed by atoms with Crippen molar-refractivity contribution < 1.29 is 46.8 Å². The van der Waals surface area contributed by atoms with E-state index < -0.39 is 76.5 Å². The molecule has 3 aliphatic heterocycles. The van der Waals surface area contributed by atoms with Crippen molar-refractivity contribution in [2.24, 2.45) is 0 Å². The number of benzene rings is 1. The van der Waals surface area contributed by atoms with Crippen LogP contribution in [0.1, 0.15) is 31.4 Å². The van der Waals surface area contributed by atoms with Crippen LogP contribution in [-0.2, 0) is 34.2 Å². The lowest BCUT2D eigenvalue weighted by Gasteiger charge is -2.37. The Labute approximate surface area is 244 Å². The van der Waals surface area contributed by atoms with Crippen LogP contribution in [0.15, 0.2) is 30.3 Å². The predicted molar refractivity (Wildman–Crippen MR) is 142 cm³/mol. The van der Waals surface area contributed by atoms with Crippen molar-refractivity contribution in [3.05, 3.63) is 35.9 Å². The van der Waals surface area contributed by atoms with E-state index in [2.05, 4.69) is 10.6 Å². The summed E-state index contributed by atoms with van der Waals surface area (Å²) in [5.74, 6) is -4.39. The third-order valence-electron chi connectivity index (χ3n) is 6.85. The van der Waals surface area contributed by atoms with Crippen LogP contribution < -0.4 is 20.1 Å². The molecule has 43 heavy (non-hydrogen) atoms. The minimum atomic E-state index is -4.79. The quantitative estimate of drug-likeness (QED) is 0.189. The molecule has 3 fully saturated rings. The number of likely N-dealkylation sites (tertiary alicyclic amines) is 2. The third-order valence-corrected chi connectivity index (χ3v) is 7.74. The summed E-state index contributed by atoms with van der Waals surface area (Å²) in [5.41, 5.74) is 0.277. The second-order valence-electron chi connectivity index (χ2n) is 9.61. The zero-order valence-electron chi connectivity index (χ0n) is 22.8. The standard InChI is InChI=1S/C24H28N8O10S/c1-2-29-11-12-31(21(37)20(29)36)22(38)26-17(14-7-4-3-5-8-14)18(34)25-15-13-32(19(15)35)24(40)28-43(41,42)27-23(39)30-10-6-9-16(30)33/h3-5,7-8,15,17H,2,6,9-13H2,1H3,(H,25,34)(H,26,38)(H,27,39)(H,28,40)/t15-,17?/m0/s1. The number of hydrogen-bond donors (Lipinski definition) is 4. The summed E-state index contributed by atoms with van der Waals surface area (Å²) in [7, 11) is -4.79. The van der Waals surface area contributed by atoms with E-state index in [4.69, 9.17) is 0 Å². The average Bonchev–Trinajstić information content (AvgIpc) is 3.40. The Balaban J connectivity index is 1.36. The van der Waals surface area contributed by atoms with Gasteiger partial charge in [0.2, 0.25) is 11.8 Å². The monoisotopic (exact) mass is 620 g/mol. The average molecular weight is 621 g/mol. The fraction of sp³-hybridized carbons (Fsp3) is 0.417. The summed E-state index contributed by atoms with van der Waals surface area (Å²) in [6.45, 7) is 1.52. The second-order valence-corrected chi connectivity index (χ2v) is 11.0. The van der Waals surface area contributed by atoms with E-state index in [1.807, 2.05) is 0 Å². The van der Waals surface area contributed by atoms with Crippen molar-refractivity contribution in [2.45, 2.75) is 31.8 Å². The number of carbonyl (C=O) groups is 8. The van der Waals surface area contributed by atoms with E-state index in [0.29, 0.717) is 21.1 Å². The maximum absolute atomic E-state index is 13.2. The molecular formula is C24H28N8O10S. The SMILES string of the molecule is CCN1CCN(C(=O)NC(C(=O)N[C@H]2CN(C(=O)NS(=O)(=O)NC(=O)N3CCCC3=O)C2=O)c2ccccc2)C(=O)C1=O. The van der Waals surface area contributed by atoms with Crippen LogP contribution in [0.2, 0.25) is 0 Å². The molecule has 2 atom stereocenters. The van der Waals surface area contributed by atoms with E-state index in [9.17, 15) is 46.8 Å². The largest absolute Gasteiger partial charge is 0.341 e. The van der Waals surface area contributed by atoms with Crippen LogP contribution in [0.5, 0.6) is 0 Å². The van der Waals surface area contributed by atoms with Gasteiger partial charge in [-0.2, -0.15) is 8.42 Å². The van der Waals surface area contributed by atoms with Crippen LogP contribution in [0, 0.1) is 0 Å². The number of rotatable bonds is 7. The van der Waals surface area contributed by atoms with Crippen LogP contribution in [0.25, 0.3) is 0 Å². The molecular weight excluding hydrogens is 592 g/mol. The summed E-state index contributed by atoms with van der Waals surface area (Å²) in [6, 6.07) is 1.44. The Morgan fingerprint density at radius 2 is 1.51 bits per heavy atom. The fourth-order valence-corrected chi connectivity index (χ4v) is 5.25. The van der Waals surface area contributed by atoms with Gasteiger partial charge in [0, 0.05) is 32.6 Å². The molecule has 0 spiro atoms. The minimum Gasteiger partial charge on any atom is -0.341 e. The maximum atomic E-state index is 13.2. The topological polar surface area (TPSA) is 232 Å². The lowest BCUT2D eigenvalue weighted by molar-refractivity contribution is -0.153. The molecule has 3 heterocycles. The Kier molecular flexibility index (Phi) is 8.93. The van der Waals surface area contributed by atoms with Crippen molar-refractivity contribution in [3.63, 3.8) is 0 Å². The molecule has 4 rings (SSSR count). The van der Waals surface area contributed by atoms with Crippen LogP contribution >= 0.6 is 0 Å². The van der Waals surface area contributed by atoms with Crippen LogP contribution in [0.4, 0.5) is 14.4 Å². The molecule has 0 aliphatic carbocycles. The lowest BCUT2D eigenvalue weighted by Crippen LogP contribution is -2.68. The molecule has 0 radical (unpaired) electrons. The first-order valence-electron chi connectivity index (χ1n) is 13.1. The number of β-lactam (4-membered cyclic amide) rings is 1. The zero-order valence-corrected chi connectivity index (χ0v) is 23.6. The van der Waals surface area contributed by atoms with Crippen molar-refractivity contribution in [3.8, 4) is 0 Å². The molecule has 4 N–H and O–H groups in total. The Hall–Kier alpha value is -5.07. The number of imide groups is 3. The maximum Gasteiger partial charge on any atom is 0.339 e. The molecule has 0 aromatic heterocycles. The van der Waals surface area contributed by atoms with Crippen molar-refractivity contribution in [1.29, 1.82) is 0 Å². The molecule has 3 saturated heterocycles. The minimum absolute atomic E-state index is 0.00841. The Morgan fingerprint density at radius 1 is 0.860 bits per heavy atom. The molecule has 0 saturated carbocycles. The molecule has 230 valence electrons. The van der Waals surface area contributed by atoms with Gasteiger partial charge < -0.3 is 15.5 Å². The lowest BCUT2D eigenvalue weighted by atomic mass is 10.0. The zero-order chi connectivity index (χ0) is 31.5. The van der Waals surface area contributed by atoms with Crippen molar-refractivity contribution >= 4 is 57.8 Å². The van der Waals surface area contributed by atoms with E-state index in [1.54, 1.807) is 25.1 Å². The van der Waals surface area contributed by atoms with Gasteiger partial charge >= 0.3 is 40.1 Å². The highest BCUT2D eigenvalue weighted by atomic mass is 32.2. The van der Waals surface area contributed by atoms with E-state index >= 15 is 0 Å². The van der Waals surface area contributed by atoms with Crippen molar-refractivity contribution in [1.82, 2.24) is 39.7 Å². The summed E-state index contributed by atoms with van der Waals surface area (Å²) in [6.07, 6.45) is 0.425. The van der Waals surface area contributed by atoms with Crippen LogP contribution in [-0.4, -0.2) is 114 Å². The van der Waals surface area contributed by atoms with Gasteiger partial charge in [-0.05, 0) is 18.9 Å². The highest BCUT2D eigenvalue weighted by Gasteiger charge is 2.44. The predicted octanol–water partition coefficient (Wildman–Crippen LogP) is -2.26. The molecule has 1 unspecified atom stereocenters. The number of hydrogen-bond acceptors (Lipinski definition) is 10. The van der Waals surface area contributed by atoms with E-state index in [0.717, 1.165) is 0 Å². The van der Waals surface area contributed by atoms with Gasteiger partial charge in [0.25, 0.3) is 5.91 Å². The summed E-state index contributed by atoms with van der Waals surface area (Å²) in [5, 5.41) is 4.76. The highest BCUT2D eigenvalue weighted by Crippen LogP contribution is 2.18. The number of nitrogens with one attached hydrogen (secondary N) is 4. The fourth-order valence-electron chi connectivity index (χ4n) is 4.52. The van der Waals surface area contributed by atoms with Gasteiger partial charge in [-0.25, -0.2) is 23.8 Å². The molecule has 18 nitrogen and oxygen atoms in total. The molecule has 0 bridgehead atoms. The number of piperazine rings is 1. The summed E-state index contributed by atoms with van der Waals surface area (Å²) < 4.78 is 27.4. The van der Waals surface area contributed by atoms with Gasteiger partial charge in [-0.1, -0.05) is 30.3 Å². The van der Waals surface area contributed by atoms with Crippen molar-refractivity contribution in [2.75, 3.05) is 32.7 Å². The van der Waals surface area contributed by atoms with E-state index in [-0.39, 0.29) is 38.2 Å². The molecule has 1 aromatic rings. The van der Waals surface area contributed by atoms with Gasteiger partial charge in [-0.15, -0.1) is 0 Å². The second kappa shape index (κ2) is 12.4. The first kappa shape index (κ1) is 30.9. The summed E-state index contributed by atoms with van der Waals surface area (Å²) >= 11 is 0. The molecule has 1 aromatic carbocycles. The number of urea groups is 3. The van der Waals surface area contributed by atoms with Gasteiger partial charge in [0.15, 0.2) is 0 Å². The van der Waals surface area contributed by atoms with Crippen LogP contribution in [0.3, 0.4) is 0 Å². The normalized spacial score (nSPS) is 19.5. The first-order valence-corrected chi connectivity index (χ1v) is 14.6. The van der Waals surface area contributed by atoms with Gasteiger partial charge in [-0.3, -0.25) is 38.7 Å². The van der Waals surface area contributed by atoms with Gasteiger partial charge in [0.05, 0.1) is 6.54 Å². The highest BCUT2D eigenvalue weighted by molar-refractivity contribution is 7.88. The number of nitrogens with zero attached hydrogens (tertiary/aromatic N) is 4. The molecule has 11 amide bonds. The Bertz CT molecular complexity index is 1480. The summed E-state index contributed by atoms with van der Waals surface area (Å²) in [4.78, 5) is 102.